The number of aliphatic hydroxyl groups is 5. The molecule has 2 fully saturated rings. The molecule has 1 aromatic rings. The molecule has 3 rings (SSSR count). The molecule has 0 atom stereocenters. The van der Waals surface area contributed by atoms with E-state index in [-0.39, 0.29) is 28.1 Å². The maximum absolute atomic E-state index is 10.2. The van der Waals surface area contributed by atoms with Gasteiger partial charge in [-0.1, -0.05) is 64.4 Å². The Hall–Kier alpha value is -1.02. The van der Waals surface area contributed by atoms with Gasteiger partial charge in [0.25, 0.3) is 0 Å². The van der Waals surface area contributed by atoms with E-state index >= 15 is 0 Å². The maximum atomic E-state index is 10.2. The normalized spacial score (nSPS) is 19.3. The lowest BCUT2D eigenvalue weighted by Crippen LogP contribution is -2.44. The van der Waals surface area contributed by atoms with Gasteiger partial charge < -0.3 is 25.5 Å². The van der Waals surface area contributed by atoms with Crippen molar-refractivity contribution in [1.82, 2.24) is 4.90 Å². The average Bonchev–Trinajstić information content (AvgIpc) is 2.73. The van der Waals surface area contributed by atoms with Crippen LogP contribution in [0.1, 0.15) is 78.2 Å². The van der Waals surface area contributed by atoms with E-state index < -0.39 is 11.2 Å². The van der Waals surface area contributed by atoms with Crippen LogP contribution in [-0.4, -0.2) is 75.0 Å². The molecule has 1 aliphatic carbocycles. The Morgan fingerprint density at radius 2 is 1.19 bits per heavy atom. The molecule has 6 heteroatoms. The number of hydrogen-bond donors (Lipinski definition) is 5. The SMILES string of the molecule is C.C.CO.OCCC1(O)CCCCC1.OCCC1(O)CCN(Cc2ccccc2)CC1. The summed E-state index contributed by atoms with van der Waals surface area (Å²) in [6, 6.07) is 10.4. The second-order valence-corrected chi connectivity index (χ2v) is 8.22. The highest BCUT2D eigenvalue weighted by atomic mass is 16.3. The van der Waals surface area contributed by atoms with E-state index in [0.717, 1.165) is 65.3 Å². The van der Waals surface area contributed by atoms with Gasteiger partial charge in [0, 0.05) is 40.0 Å². The summed E-state index contributed by atoms with van der Waals surface area (Å²) in [7, 11) is 1.00. The van der Waals surface area contributed by atoms with Gasteiger partial charge in [-0.2, -0.15) is 0 Å². The lowest BCUT2D eigenvalue weighted by Gasteiger charge is -2.38. The smallest absolute Gasteiger partial charge is 0.0694 e. The monoisotopic (exact) mass is 443 g/mol. The van der Waals surface area contributed by atoms with Crippen LogP contribution in [0.2, 0.25) is 0 Å². The third-order valence-corrected chi connectivity index (χ3v) is 5.97. The van der Waals surface area contributed by atoms with Crippen LogP contribution in [0.25, 0.3) is 0 Å². The number of rotatable bonds is 6. The first kappa shape index (κ1) is 32.2. The van der Waals surface area contributed by atoms with Crippen LogP contribution in [0.4, 0.5) is 0 Å². The van der Waals surface area contributed by atoms with Crippen molar-refractivity contribution in [2.24, 2.45) is 0 Å². The van der Waals surface area contributed by atoms with Gasteiger partial charge in [-0.25, -0.2) is 0 Å². The van der Waals surface area contributed by atoms with Crippen LogP contribution >= 0.6 is 0 Å². The minimum Gasteiger partial charge on any atom is -0.400 e. The minimum atomic E-state index is -0.637. The summed E-state index contributed by atoms with van der Waals surface area (Å²) in [5.41, 5.74) is 0.162. The summed E-state index contributed by atoms with van der Waals surface area (Å²) in [6.45, 7) is 2.97. The third kappa shape index (κ3) is 12.6. The van der Waals surface area contributed by atoms with Crippen molar-refractivity contribution in [2.75, 3.05) is 33.4 Å². The molecule has 31 heavy (non-hydrogen) atoms. The molecule has 2 aliphatic rings. The first-order valence-corrected chi connectivity index (χ1v) is 10.9. The van der Waals surface area contributed by atoms with Crippen molar-refractivity contribution in [2.45, 2.75) is 90.4 Å². The van der Waals surface area contributed by atoms with Crippen molar-refractivity contribution < 1.29 is 25.5 Å². The van der Waals surface area contributed by atoms with Gasteiger partial charge in [-0.15, -0.1) is 0 Å². The molecule has 0 radical (unpaired) electrons. The Kier molecular flexibility index (Phi) is 18.2. The first-order chi connectivity index (χ1) is 14.0. The highest BCUT2D eigenvalue weighted by Gasteiger charge is 2.31. The Labute approximate surface area is 190 Å². The van der Waals surface area contributed by atoms with Gasteiger partial charge in [0.05, 0.1) is 11.2 Å². The van der Waals surface area contributed by atoms with E-state index in [9.17, 15) is 10.2 Å². The molecule has 0 amide bonds. The summed E-state index contributed by atoms with van der Waals surface area (Å²) in [4.78, 5) is 2.36. The molecule has 0 spiro atoms. The van der Waals surface area contributed by atoms with Crippen LogP contribution in [0.15, 0.2) is 30.3 Å². The van der Waals surface area contributed by atoms with E-state index in [2.05, 4.69) is 29.2 Å². The van der Waals surface area contributed by atoms with Crippen molar-refractivity contribution in [3.63, 3.8) is 0 Å². The standard InChI is InChI=1S/C14H21NO2.C8H16O2.CH4O.2CH4/c16-11-8-14(17)6-9-15(10-7-14)12-13-4-2-1-3-5-13;9-7-6-8(10)4-2-1-3-5-8;1-2;;/h1-5,16-17H,6-12H2;9-10H,1-7H2;2H,1H3;2*1H4. The average molecular weight is 444 g/mol. The summed E-state index contributed by atoms with van der Waals surface area (Å²) < 4.78 is 0. The molecule has 5 N–H and O–H groups in total. The van der Waals surface area contributed by atoms with Crippen LogP contribution in [-0.2, 0) is 6.54 Å². The quantitative estimate of drug-likeness (QED) is 0.462. The summed E-state index contributed by atoms with van der Waals surface area (Å²) in [5.74, 6) is 0. The zero-order chi connectivity index (χ0) is 21.6. The van der Waals surface area contributed by atoms with Crippen LogP contribution in [0.5, 0.6) is 0 Å². The number of nitrogens with zero attached hydrogens (tertiary/aromatic N) is 1. The fourth-order valence-corrected chi connectivity index (χ4v) is 4.10. The van der Waals surface area contributed by atoms with E-state index in [1.54, 1.807) is 0 Å². The fourth-order valence-electron chi connectivity index (χ4n) is 4.10. The first-order valence-electron chi connectivity index (χ1n) is 10.9. The zero-order valence-corrected chi connectivity index (χ0v) is 18.0. The van der Waals surface area contributed by atoms with Crippen molar-refractivity contribution in [3.8, 4) is 0 Å². The molecule has 0 bridgehead atoms. The van der Waals surface area contributed by atoms with E-state index in [1.165, 1.54) is 12.0 Å². The van der Waals surface area contributed by atoms with Crippen molar-refractivity contribution in [3.05, 3.63) is 35.9 Å². The number of hydrogen-bond acceptors (Lipinski definition) is 6. The van der Waals surface area contributed by atoms with Crippen molar-refractivity contribution >= 4 is 0 Å². The van der Waals surface area contributed by atoms with E-state index in [1.807, 2.05) is 6.07 Å². The Morgan fingerprint density at radius 1 is 0.742 bits per heavy atom. The number of piperidine rings is 1. The van der Waals surface area contributed by atoms with Gasteiger partial charge >= 0.3 is 0 Å². The van der Waals surface area contributed by atoms with Gasteiger partial charge in [0.2, 0.25) is 0 Å². The molecule has 1 aliphatic heterocycles. The molecule has 0 unspecified atom stereocenters. The maximum Gasteiger partial charge on any atom is 0.0694 e. The number of aliphatic hydroxyl groups excluding tert-OH is 3. The number of likely N-dealkylation sites (tertiary alicyclic amines) is 1. The zero-order valence-electron chi connectivity index (χ0n) is 18.0. The topological polar surface area (TPSA) is 104 Å². The van der Waals surface area contributed by atoms with Crippen LogP contribution < -0.4 is 0 Å². The summed E-state index contributed by atoms with van der Waals surface area (Å²) in [5, 5.41) is 44.4. The highest BCUT2D eigenvalue weighted by Crippen LogP contribution is 2.30. The third-order valence-electron chi connectivity index (χ3n) is 5.97. The lowest BCUT2D eigenvalue weighted by atomic mass is 9.83. The fraction of sp³-hybridized carbons (Fsp3) is 0.760. The van der Waals surface area contributed by atoms with Gasteiger partial charge in [-0.05, 0) is 44.1 Å². The molecular weight excluding hydrogens is 394 g/mol. The predicted molar refractivity (Wildman–Crippen MR) is 129 cm³/mol. The highest BCUT2D eigenvalue weighted by molar-refractivity contribution is 5.14. The summed E-state index contributed by atoms with van der Waals surface area (Å²) >= 11 is 0. The predicted octanol–water partition coefficient (Wildman–Crippen LogP) is 3.34. The molecule has 0 aromatic heterocycles. The van der Waals surface area contributed by atoms with E-state index in [0.29, 0.717) is 12.8 Å². The molecule has 184 valence electrons. The second-order valence-electron chi connectivity index (χ2n) is 8.22. The Morgan fingerprint density at radius 3 is 1.65 bits per heavy atom. The summed E-state index contributed by atoms with van der Waals surface area (Å²) in [6.07, 6.45) is 7.85. The second kappa shape index (κ2) is 17.5. The molecule has 1 aromatic carbocycles. The molecule has 1 heterocycles. The molecule has 1 saturated carbocycles. The Bertz CT molecular complexity index is 506. The minimum absolute atomic E-state index is 0. The van der Waals surface area contributed by atoms with Crippen LogP contribution in [0.3, 0.4) is 0 Å². The lowest BCUT2D eigenvalue weighted by molar-refractivity contribution is -0.0388. The van der Waals surface area contributed by atoms with Gasteiger partial charge in [0.1, 0.15) is 0 Å². The molecule has 1 saturated heterocycles. The molecule has 6 nitrogen and oxygen atoms in total. The largest absolute Gasteiger partial charge is 0.400 e. The van der Waals surface area contributed by atoms with E-state index in [4.69, 9.17) is 15.3 Å². The molecular formula is C25H49NO5. The van der Waals surface area contributed by atoms with Crippen LogP contribution in [0, 0.1) is 0 Å². The van der Waals surface area contributed by atoms with Gasteiger partial charge in [0.15, 0.2) is 0 Å². The number of benzene rings is 1. The Balaban J connectivity index is 0. The van der Waals surface area contributed by atoms with Gasteiger partial charge in [-0.3, -0.25) is 4.90 Å². The van der Waals surface area contributed by atoms with Crippen molar-refractivity contribution in [1.29, 1.82) is 0 Å².